The minimum atomic E-state index is -3.82. The molecule has 0 aliphatic carbocycles. The SMILES string of the molecule is C#CCN(CC)S(=O)(=O)c1cc(N)cc(F)c1C. The Kier molecular flexibility index (Phi) is 4.33. The maximum atomic E-state index is 13.5. The second-order valence-electron chi connectivity index (χ2n) is 3.76. The lowest BCUT2D eigenvalue weighted by atomic mass is 10.2. The molecule has 0 aliphatic heterocycles. The summed E-state index contributed by atoms with van der Waals surface area (Å²) in [5.74, 6) is 1.62. The molecule has 0 heterocycles. The lowest BCUT2D eigenvalue weighted by Crippen LogP contribution is -2.32. The van der Waals surface area contributed by atoms with Crippen LogP contribution >= 0.6 is 0 Å². The largest absolute Gasteiger partial charge is 0.399 e. The van der Waals surface area contributed by atoms with Gasteiger partial charge in [-0.2, -0.15) is 4.31 Å². The molecule has 2 N–H and O–H groups in total. The van der Waals surface area contributed by atoms with Crippen LogP contribution in [0.4, 0.5) is 10.1 Å². The molecule has 0 radical (unpaired) electrons. The van der Waals surface area contributed by atoms with Crippen LogP contribution in [0.25, 0.3) is 0 Å². The Balaban J connectivity index is 3.41. The van der Waals surface area contributed by atoms with Crippen LogP contribution in [-0.4, -0.2) is 25.8 Å². The quantitative estimate of drug-likeness (QED) is 0.663. The Morgan fingerprint density at radius 3 is 2.61 bits per heavy atom. The highest BCUT2D eigenvalue weighted by atomic mass is 32.2. The Bertz CT molecular complexity index is 591. The molecule has 0 aromatic heterocycles. The molecule has 0 saturated heterocycles. The number of nitrogen functional groups attached to an aromatic ring is 1. The van der Waals surface area contributed by atoms with E-state index in [2.05, 4.69) is 5.92 Å². The summed E-state index contributed by atoms with van der Waals surface area (Å²) in [5.41, 5.74) is 5.58. The number of sulfonamides is 1. The summed E-state index contributed by atoms with van der Waals surface area (Å²) < 4.78 is 39.2. The van der Waals surface area contributed by atoms with Crippen molar-refractivity contribution >= 4 is 15.7 Å². The van der Waals surface area contributed by atoms with Gasteiger partial charge in [0.2, 0.25) is 10.0 Å². The lowest BCUT2D eigenvalue weighted by molar-refractivity contribution is 0.462. The molecule has 0 fully saturated rings. The van der Waals surface area contributed by atoms with Crippen LogP contribution in [0.2, 0.25) is 0 Å². The minimum Gasteiger partial charge on any atom is -0.399 e. The van der Waals surface area contributed by atoms with Crippen molar-refractivity contribution < 1.29 is 12.8 Å². The van der Waals surface area contributed by atoms with Gasteiger partial charge in [-0.25, -0.2) is 12.8 Å². The second-order valence-corrected chi connectivity index (χ2v) is 5.67. The van der Waals surface area contributed by atoms with E-state index in [1.54, 1.807) is 6.92 Å². The van der Waals surface area contributed by atoms with Crippen LogP contribution in [-0.2, 0) is 10.0 Å². The summed E-state index contributed by atoms with van der Waals surface area (Å²) in [6.07, 6.45) is 5.12. The summed E-state index contributed by atoms with van der Waals surface area (Å²) >= 11 is 0. The van der Waals surface area contributed by atoms with Gasteiger partial charge in [-0.1, -0.05) is 12.8 Å². The Morgan fingerprint density at radius 2 is 2.11 bits per heavy atom. The summed E-state index contributed by atoms with van der Waals surface area (Å²) in [6.45, 7) is 3.20. The molecule has 18 heavy (non-hydrogen) atoms. The van der Waals surface area contributed by atoms with E-state index in [4.69, 9.17) is 12.2 Å². The van der Waals surface area contributed by atoms with E-state index >= 15 is 0 Å². The third kappa shape index (κ3) is 2.63. The zero-order valence-electron chi connectivity index (χ0n) is 10.3. The number of terminal acetylenes is 1. The molecule has 1 aromatic carbocycles. The molecule has 0 saturated carbocycles. The van der Waals surface area contributed by atoms with Gasteiger partial charge in [0.05, 0.1) is 11.4 Å². The molecular formula is C12H15FN2O2S. The normalized spacial score (nSPS) is 11.5. The van der Waals surface area contributed by atoms with Crippen molar-refractivity contribution in [2.75, 3.05) is 18.8 Å². The van der Waals surface area contributed by atoms with Crippen LogP contribution < -0.4 is 5.73 Å². The molecular weight excluding hydrogens is 255 g/mol. The molecule has 98 valence electrons. The number of benzene rings is 1. The predicted octanol–water partition coefficient (Wildman–Crippen LogP) is 1.36. The van der Waals surface area contributed by atoms with Crippen LogP contribution in [0.1, 0.15) is 12.5 Å². The zero-order valence-corrected chi connectivity index (χ0v) is 11.1. The predicted molar refractivity (Wildman–Crippen MR) is 68.8 cm³/mol. The van der Waals surface area contributed by atoms with Crippen molar-refractivity contribution in [3.8, 4) is 12.3 Å². The molecule has 1 aromatic rings. The smallest absolute Gasteiger partial charge is 0.244 e. The number of hydrogen-bond acceptors (Lipinski definition) is 3. The number of anilines is 1. The fourth-order valence-electron chi connectivity index (χ4n) is 1.55. The van der Waals surface area contributed by atoms with E-state index in [1.165, 1.54) is 13.0 Å². The Morgan fingerprint density at radius 1 is 1.50 bits per heavy atom. The Hall–Kier alpha value is -1.58. The third-order valence-corrected chi connectivity index (χ3v) is 4.60. The van der Waals surface area contributed by atoms with E-state index in [-0.39, 0.29) is 29.2 Å². The molecule has 0 atom stereocenters. The molecule has 4 nitrogen and oxygen atoms in total. The van der Waals surface area contributed by atoms with Crippen molar-refractivity contribution in [1.29, 1.82) is 0 Å². The monoisotopic (exact) mass is 270 g/mol. The van der Waals surface area contributed by atoms with Crippen LogP contribution in [0.15, 0.2) is 17.0 Å². The highest BCUT2D eigenvalue weighted by Gasteiger charge is 2.25. The van der Waals surface area contributed by atoms with E-state index in [9.17, 15) is 12.8 Å². The number of hydrogen-bond donors (Lipinski definition) is 1. The van der Waals surface area contributed by atoms with Gasteiger partial charge in [0.1, 0.15) is 5.82 Å². The minimum absolute atomic E-state index is 0.0414. The molecule has 6 heteroatoms. The van der Waals surface area contributed by atoms with Crippen molar-refractivity contribution in [3.63, 3.8) is 0 Å². The van der Waals surface area contributed by atoms with Gasteiger partial charge < -0.3 is 5.73 Å². The first-order chi connectivity index (χ1) is 8.34. The van der Waals surface area contributed by atoms with Crippen molar-refractivity contribution in [2.24, 2.45) is 0 Å². The van der Waals surface area contributed by atoms with Crippen molar-refractivity contribution in [3.05, 3.63) is 23.5 Å². The van der Waals surface area contributed by atoms with Gasteiger partial charge in [-0.05, 0) is 19.1 Å². The fourth-order valence-corrected chi connectivity index (χ4v) is 3.18. The maximum Gasteiger partial charge on any atom is 0.244 e. The highest BCUT2D eigenvalue weighted by Crippen LogP contribution is 2.24. The summed E-state index contributed by atoms with van der Waals surface area (Å²) in [5, 5.41) is 0. The molecule has 1 rings (SSSR count). The average Bonchev–Trinajstić information content (AvgIpc) is 2.30. The number of nitrogens with two attached hydrogens (primary N) is 1. The number of rotatable bonds is 4. The molecule has 0 aliphatic rings. The van der Waals surface area contributed by atoms with Crippen molar-refractivity contribution in [2.45, 2.75) is 18.7 Å². The molecule has 0 spiro atoms. The van der Waals surface area contributed by atoms with Gasteiger partial charge in [-0.15, -0.1) is 6.42 Å². The Labute approximate surface area is 107 Å². The molecule has 0 amide bonds. The van der Waals surface area contributed by atoms with E-state index < -0.39 is 15.8 Å². The molecule has 0 bridgehead atoms. The van der Waals surface area contributed by atoms with Gasteiger partial charge in [-0.3, -0.25) is 0 Å². The summed E-state index contributed by atoms with van der Waals surface area (Å²) in [6, 6.07) is 2.33. The second kappa shape index (κ2) is 5.38. The zero-order chi connectivity index (χ0) is 13.9. The van der Waals surface area contributed by atoms with Crippen LogP contribution in [0, 0.1) is 25.1 Å². The highest BCUT2D eigenvalue weighted by molar-refractivity contribution is 7.89. The van der Waals surface area contributed by atoms with Crippen molar-refractivity contribution in [1.82, 2.24) is 4.31 Å². The van der Waals surface area contributed by atoms with Gasteiger partial charge in [0.25, 0.3) is 0 Å². The standard InChI is InChI=1S/C12H15FN2O2S/c1-4-6-15(5-2)18(16,17)12-8-10(14)7-11(13)9(12)3/h1,7-8H,5-6,14H2,2-3H3. The first-order valence-electron chi connectivity index (χ1n) is 5.33. The molecule has 0 unspecified atom stereocenters. The van der Waals surface area contributed by atoms with E-state index in [0.717, 1.165) is 10.4 Å². The number of halogens is 1. The number of nitrogens with zero attached hydrogens (tertiary/aromatic N) is 1. The first-order valence-corrected chi connectivity index (χ1v) is 6.77. The van der Waals surface area contributed by atoms with Crippen LogP contribution in [0.3, 0.4) is 0 Å². The first kappa shape index (κ1) is 14.5. The topological polar surface area (TPSA) is 63.4 Å². The average molecular weight is 270 g/mol. The van der Waals surface area contributed by atoms with E-state index in [0.29, 0.717) is 0 Å². The van der Waals surface area contributed by atoms with E-state index in [1.807, 2.05) is 0 Å². The third-order valence-electron chi connectivity index (χ3n) is 2.56. The maximum absolute atomic E-state index is 13.5. The van der Waals surface area contributed by atoms with Gasteiger partial charge in [0, 0.05) is 17.8 Å². The van der Waals surface area contributed by atoms with Crippen LogP contribution in [0.5, 0.6) is 0 Å². The fraction of sp³-hybridized carbons (Fsp3) is 0.333. The van der Waals surface area contributed by atoms with Gasteiger partial charge >= 0.3 is 0 Å². The lowest BCUT2D eigenvalue weighted by Gasteiger charge is -2.19. The van der Waals surface area contributed by atoms with Gasteiger partial charge in [0.15, 0.2) is 0 Å². The summed E-state index contributed by atoms with van der Waals surface area (Å²) in [7, 11) is -3.82. The summed E-state index contributed by atoms with van der Waals surface area (Å²) in [4.78, 5) is -0.142.